The Hall–Kier alpha value is -0.930. The van der Waals surface area contributed by atoms with E-state index in [1.165, 1.54) is 12.1 Å². The quantitative estimate of drug-likeness (QED) is 0.855. The summed E-state index contributed by atoms with van der Waals surface area (Å²) in [4.78, 5) is 0. The highest BCUT2D eigenvalue weighted by Crippen LogP contribution is 2.33. The molecule has 16 heavy (non-hydrogen) atoms. The van der Waals surface area contributed by atoms with Gasteiger partial charge in [0.15, 0.2) is 0 Å². The molecule has 88 valence electrons. The van der Waals surface area contributed by atoms with Crippen molar-refractivity contribution in [1.29, 1.82) is 0 Å². The molecule has 0 aromatic heterocycles. The first-order valence-electron chi connectivity index (χ1n) is 5.85. The summed E-state index contributed by atoms with van der Waals surface area (Å²) in [7, 11) is 0. The Morgan fingerprint density at radius 1 is 1.44 bits per heavy atom. The lowest BCUT2D eigenvalue weighted by molar-refractivity contribution is 0.0813. The molecule has 0 amide bonds. The van der Waals surface area contributed by atoms with Gasteiger partial charge in [-0.1, -0.05) is 19.1 Å². The number of rotatable bonds is 3. The van der Waals surface area contributed by atoms with Crippen LogP contribution in [0.25, 0.3) is 0 Å². The van der Waals surface area contributed by atoms with Crippen LogP contribution in [0.1, 0.15) is 31.4 Å². The van der Waals surface area contributed by atoms with Gasteiger partial charge in [-0.2, -0.15) is 0 Å². The van der Waals surface area contributed by atoms with Crippen molar-refractivity contribution in [1.82, 2.24) is 0 Å². The van der Waals surface area contributed by atoms with Crippen molar-refractivity contribution in [2.75, 3.05) is 6.61 Å². The van der Waals surface area contributed by atoms with Crippen molar-refractivity contribution >= 4 is 0 Å². The molecule has 0 radical (unpaired) electrons. The lowest BCUT2D eigenvalue weighted by Gasteiger charge is -2.24. The second kappa shape index (κ2) is 4.93. The Balaban J connectivity index is 2.12. The zero-order valence-electron chi connectivity index (χ0n) is 9.53. The summed E-state index contributed by atoms with van der Waals surface area (Å²) >= 11 is 0. The Morgan fingerprint density at radius 3 is 2.75 bits per heavy atom. The maximum absolute atomic E-state index is 12.8. The maximum atomic E-state index is 12.8. The van der Waals surface area contributed by atoms with Crippen molar-refractivity contribution < 1.29 is 9.13 Å². The smallest absolute Gasteiger partial charge is 0.123 e. The average molecular weight is 223 g/mol. The van der Waals surface area contributed by atoms with Crippen molar-refractivity contribution in [3.05, 3.63) is 35.6 Å². The van der Waals surface area contributed by atoms with Crippen LogP contribution in [0.4, 0.5) is 4.39 Å². The predicted molar refractivity (Wildman–Crippen MR) is 61.5 cm³/mol. The topological polar surface area (TPSA) is 35.2 Å². The fourth-order valence-electron chi connectivity index (χ4n) is 2.43. The number of hydrogen-bond acceptors (Lipinski definition) is 2. The van der Waals surface area contributed by atoms with Gasteiger partial charge in [-0.3, -0.25) is 0 Å². The molecule has 2 rings (SSSR count). The lowest BCUT2D eigenvalue weighted by Crippen LogP contribution is -2.27. The molecule has 1 saturated heterocycles. The summed E-state index contributed by atoms with van der Waals surface area (Å²) in [6.07, 6.45) is 2.23. The minimum absolute atomic E-state index is 0.0481. The molecule has 1 aliphatic rings. The van der Waals surface area contributed by atoms with Crippen LogP contribution in [0, 0.1) is 11.7 Å². The Labute approximate surface area is 95.6 Å². The Bertz CT molecular complexity index is 338. The zero-order chi connectivity index (χ0) is 11.5. The van der Waals surface area contributed by atoms with Gasteiger partial charge in [0, 0.05) is 18.6 Å². The van der Waals surface area contributed by atoms with Crippen LogP contribution in [0.5, 0.6) is 0 Å². The third kappa shape index (κ3) is 2.25. The third-order valence-corrected chi connectivity index (χ3v) is 3.38. The summed E-state index contributed by atoms with van der Waals surface area (Å²) < 4.78 is 18.4. The lowest BCUT2D eigenvalue weighted by atomic mass is 9.87. The normalized spacial score (nSPS) is 26.9. The molecule has 3 heteroatoms. The van der Waals surface area contributed by atoms with E-state index in [1.807, 2.05) is 0 Å². The second-order valence-corrected chi connectivity index (χ2v) is 4.35. The zero-order valence-corrected chi connectivity index (χ0v) is 9.53. The van der Waals surface area contributed by atoms with E-state index in [0.717, 1.165) is 25.0 Å². The SMILES string of the molecule is CCC1OCCC1C(N)c1ccc(F)cc1. The van der Waals surface area contributed by atoms with Crippen molar-refractivity contribution in [3.8, 4) is 0 Å². The van der Waals surface area contributed by atoms with Crippen molar-refractivity contribution in [2.24, 2.45) is 11.7 Å². The summed E-state index contributed by atoms with van der Waals surface area (Å²) in [6, 6.07) is 6.42. The van der Waals surface area contributed by atoms with Crippen LogP contribution < -0.4 is 5.73 Å². The standard InChI is InChI=1S/C13H18FNO/c1-2-12-11(7-8-16-12)13(15)9-3-5-10(14)6-4-9/h3-6,11-13H,2,7-8,15H2,1H3. The van der Waals surface area contributed by atoms with Gasteiger partial charge in [0.2, 0.25) is 0 Å². The summed E-state index contributed by atoms with van der Waals surface area (Å²) in [5.41, 5.74) is 7.21. The van der Waals surface area contributed by atoms with Gasteiger partial charge in [-0.15, -0.1) is 0 Å². The molecule has 3 unspecified atom stereocenters. The number of ether oxygens (including phenoxy) is 1. The molecule has 1 aliphatic heterocycles. The van der Waals surface area contributed by atoms with Gasteiger partial charge in [-0.25, -0.2) is 4.39 Å². The van der Waals surface area contributed by atoms with E-state index in [4.69, 9.17) is 10.5 Å². The third-order valence-electron chi connectivity index (χ3n) is 3.38. The monoisotopic (exact) mass is 223 g/mol. The van der Waals surface area contributed by atoms with E-state index in [2.05, 4.69) is 6.92 Å². The fraction of sp³-hybridized carbons (Fsp3) is 0.538. The highest BCUT2D eigenvalue weighted by molar-refractivity contribution is 5.20. The van der Waals surface area contributed by atoms with Gasteiger partial charge in [-0.05, 0) is 30.5 Å². The van der Waals surface area contributed by atoms with E-state index in [0.29, 0.717) is 5.92 Å². The van der Waals surface area contributed by atoms with Gasteiger partial charge in [0.05, 0.1) is 6.10 Å². The molecule has 0 saturated carbocycles. The fourth-order valence-corrected chi connectivity index (χ4v) is 2.43. The first-order chi connectivity index (χ1) is 7.72. The van der Waals surface area contributed by atoms with Gasteiger partial charge in [0.1, 0.15) is 5.82 Å². The molecule has 2 N–H and O–H groups in total. The Morgan fingerprint density at radius 2 is 2.12 bits per heavy atom. The molecule has 1 heterocycles. The van der Waals surface area contributed by atoms with E-state index in [9.17, 15) is 4.39 Å². The number of benzene rings is 1. The highest BCUT2D eigenvalue weighted by atomic mass is 19.1. The molecule has 1 aromatic rings. The molecule has 1 aromatic carbocycles. The summed E-state index contributed by atoms with van der Waals surface area (Å²) in [6.45, 7) is 2.90. The Kier molecular flexibility index (Phi) is 3.56. The first kappa shape index (κ1) is 11.6. The van der Waals surface area contributed by atoms with E-state index < -0.39 is 0 Å². The molecule has 0 aliphatic carbocycles. The van der Waals surface area contributed by atoms with Crippen LogP contribution >= 0.6 is 0 Å². The largest absolute Gasteiger partial charge is 0.378 e. The number of nitrogens with two attached hydrogens (primary N) is 1. The molecular weight excluding hydrogens is 205 g/mol. The summed E-state index contributed by atoms with van der Waals surface area (Å²) in [5.74, 6) is 0.140. The van der Waals surface area contributed by atoms with Crippen LogP contribution in [0.15, 0.2) is 24.3 Å². The molecule has 2 nitrogen and oxygen atoms in total. The number of hydrogen-bond donors (Lipinski definition) is 1. The van der Waals surface area contributed by atoms with Crippen LogP contribution in [-0.2, 0) is 4.74 Å². The van der Waals surface area contributed by atoms with E-state index >= 15 is 0 Å². The number of halogens is 1. The van der Waals surface area contributed by atoms with E-state index in [1.54, 1.807) is 12.1 Å². The minimum atomic E-state index is -0.217. The highest BCUT2D eigenvalue weighted by Gasteiger charge is 2.32. The maximum Gasteiger partial charge on any atom is 0.123 e. The van der Waals surface area contributed by atoms with Gasteiger partial charge < -0.3 is 10.5 Å². The van der Waals surface area contributed by atoms with Gasteiger partial charge >= 0.3 is 0 Å². The van der Waals surface area contributed by atoms with Crippen LogP contribution in [0.3, 0.4) is 0 Å². The van der Waals surface area contributed by atoms with Crippen molar-refractivity contribution in [3.63, 3.8) is 0 Å². The van der Waals surface area contributed by atoms with Crippen LogP contribution in [0.2, 0.25) is 0 Å². The van der Waals surface area contributed by atoms with E-state index in [-0.39, 0.29) is 18.0 Å². The summed E-state index contributed by atoms with van der Waals surface area (Å²) in [5, 5.41) is 0. The first-order valence-corrected chi connectivity index (χ1v) is 5.85. The van der Waals surface area contributed by atoms with Crippen molar-refractivity contribution in [2.45, 2.75) is 31.9 Å². The minimum Gasteiger partial charge on any atom is -0.378 e. The molecule has 3 atom stereocenters. The molecular formula is C13H18FNO. The second-order valence-electron chi connectivity index (χ2n) is 4.35. The van der Waals surface area contributed by atoms with Gasteiger partial charge in [0.25, 0.3) is 0 Å². The average Bonchev–Trinajstić information content (AvgIpc) is 2.77. The predicted octanol–water partition coefficient (Wildman–Crippen LogP) is 2.64. The molecule has 0 bridgehead atoms. The molecule has 1 fully saturated rings. The van der Waals surface area contributed by atoms with Crippen LogP contribution in [-0.4, -0.2) is 12.7 Å². The molecule has 0 spiro atoms.